The van der Waals surface area contributed by atoms with E-state index in [4.69, 9.17) is 4.74 Å². The minimum atomic E-state index is -0.472. The number of nitrogens with one attached hydrogen (secondary N) is 1. The molecule has 3 rings (SSSR count). The first-order valence-corrected chi connectivity index (χ1v) is 10.1. The van der Waals surface area contributed by atoms with Gasteiger partial charge in [0.25, 0.3) is 5.69 Å². The summed E-state index contributed by atoms with van der Waals surface area (Å²) in [6.45, 7) is 3.87. The van der Waals surface area contributed by atoms with Gasteiger partial charge in [-0.1, -0.05) is 36.0 Å². The van der Waals surface area contributed by atoms with E-state index in [-0.39, 0.29) is 24.0 Å². The molecule has 0 radical (unpaired) electrons. The van der Waals surface area contributed by atoms with Crippen molar-refractivity contribution in [3.05, 3.63) is 69.5 Å². The highest BCUT2D eigenvalue weighted by atomic mass is 32.2. The van der Waals surface area contributed by atoms with E-state index >= 15 is 0 Å². The van der Waals surface area contributed by atoms with Crippen molar-refractivity contribution in [3.8, 4) is 5.75 Å². The maximum atomic E-state index is 12.2. The van der Waals surface area contributed by atoms with Crippen LogP contribution in [0.2, 0.25) is 0 Å². The third-order valence-electron chi connectivity index (χ3n) is 4.40. The molecular formula is C20H21N5O4S. The van der Waals surface area contributed by atoms with Gasteiger partial charge in [-0.05, 0) is 31.5 Å². The molecule has 1 aromatic heterocycles. The molecule has 0 aliphatic heterocycles. The summed E-state index contributed by atoms with van der Waals surface area (Å²) in [6, 6.07) is 12.3. The lowest BCUT2D eigenvalue weighted by Crippen LogP contribution is -2.15. The highest BCUT2D eigenvalue weighted by Gasteiger charge is 2.15. The predicted molar refractivity (Wildman–Crippen MR) is 114 cm³/mol. The van der Waals surface area contributed by atoms with Crippen molar-refractivity contribution in [2.24, 2.45) is 7.05 Å². The van der Waals surface area contributed by atoms with Crippen LogP contribution in [0.5, 0.6) is 5.75 Å². The van der Waals surface area contributed by atoms with Crippen LogP contribution >= 0.6 is 11.8 Å². The molecule has 0 atom stereocenters. The number of aromatic nitrogens is 3. The number of para-hydroxylation sites is 1. The van der Waals surface area contributed by atoms with Gasteiger partial charge in [-0.25, -0.2) is 0 Å². The molecule has 30 heavy (non-hydrogen) atoms. The van der Waals surface area contributed by atoms with Crippen molar-refractivity contribution in [2.75, 3.05) is 11.1 Å². The van der Waals surface area contributed by atoms with Crippen LogP contribution in [-0.2, 0) is 18.4 Å². The van der Waals surface area contributed by atoms with Crippen LogP contribution in [0.4, 0.5) is 11.4 Å². The zero-order chi connectivity index (χ0) is 21.7. The molecule has 10 heteroatoms. The topological polar surface area (TPSA) is 112 Å². The second-order valence-corrected chi connectivity index (χ2v) is 7.55. The van der Waals surface area contributed by atoms with E-state index in [9.17, 15) is 14.9 Å². The number of hydrogen-bond acceptors (Lipinski definition) is 7. The van der Waals surface area contributed by atoms with Gasteiger partial charge in [0.1, 0.15) is 12.4 Å². The molecular weight excluding hydrogens is 406 g/mol. The van der Waals surface area contributed by atoms with Crippen molar-refractivity contribution >= 4 is 29.0 Å². The summed E-state index contributed by atoms with van der Waals surface area (Å²) in [4.78, 5) is 22.8. The van der Waals surface area contributed by atoms with Gasteiger partial charge in [-0.15, -0.1) is 10.2 Å². The number of benzene rings is 2. The number of rotatable bonds is 8. The van der Waals surface area contributed by atoms with Crippen LogP contribution in [0.1, 0.15) is 17.0 Å². The minimum absolute atomic E-state index is 0.0351. The number of carbonyl (C=O) groups is 1. The first-order valence-electron chi connectivity index (χ1n) is 9.09. The molecule has 1 amide bonds. The molecule has 3 aromatic rings. The number of anilines is 1. The van der Waals surface area contributed by atoms with Gasteiger partial charge < -0.3 is 14.6 Å². The van der Waals surface area contributed by atoms with Crippen LogP contribution in [0.25, 0.3) is 0 Å². The fraction of sp³-hybridized carbons (Fsp3) is 0.250. The predicted octanol–water partition coefficient (Wildman–Crippen LogP) is 3.65. The normalized spacial score (nSPS) is 10.6. The number of aryl methyl sites for hydroxylation is 2. The number of amides is 1. The Hall–Kier alpha value is -3.40. The molecule has 0 aliphatic carbocycles. The summed E-state index contributed by atoms with van der Waals surface area (Å²) >= 11 is 1.22. The van der Waals surface area contributed by atoms with E-state index in [0.717, 1.165) is 11.3 Å². The molecule has 0 fully saturated rings. The first kappa shape index (κ1) is 21.3. The van der Waals surface area contributed by atoms with Crippen LogP contribution in [-0.4, -0.2) is 31.3 Å². The number of hydrogen-bond donors (Lipinski definition) is 1. The maximum absolute atomic E-state index is 12.2. The Morgan fingerprint density at radius 2 is 1.97 bits per heavy atom. The largest absolute Gasteiger partial charge is 0.485 e. The first-order chi connectivity index (χ1) is 14.3. The van der Waals surface area contributed by atoms with Crippen LogP contribution < -0.4 is 10.1 Å². The lowest BCUT2D eigenvalue weighted by atomic mass is 10.2. The van der Waals surface area contributed by atoms with E-state index in [1.165, 1.54) is 17.8 Å². The number of ether oxygens (including phenoxy) is 1. The van der Waals surface area contributed by atoms with Gasteiger partial charge >= 0.3 is 0 Å². The van der Waals surface area contributed by atoms with Crippen molar-refractivity contribution in [3.63, 3.8) is 0 Å². The molecule has 0 unspecified atom stereocenters. The lowest BCUT2D eigenvalue weighted by molar-refractivity contribution is -0.385. The van der Waals surface area contributed by atoms with Crippen LogP contribution in [0.15, 0.2) is 47.6 Å². The van der Waals surface area contributed by atoms with Gasteiger partial charge in [-0.2, -0.15) is 0 Å². The zero-order valence-corrected chi connectivity index (χ0v) is 17.6. The second kappa shape index (κ2) is 9.40. The Bertz CT molecular complexity index is 1080. The van der Waals surface area contributed by atoms with Crippen molar-refractivity contribution in [1.82, 2.24) is 14.8 Å². The maximum Gasteiger partial charge on any atom is 0.274 e. The van der Waals surface area contributed by atoms with E-state index in [1.807, 2.05) is 31.2 Å². The summed E-state index contributed by atoms with van der Waals surface area (Å²) in [7, 11) is 1.81. The molecule has 0 bridgehead atoms. The Morgan fingerprint density at radius 1 is 1.20 bits per heavy atom. The fourth-order valence-electron chi connectivity index (χ4n) is 2.67. The SMILES string of the molecule is Cc1ccccc1OCc1nnc(SCC(=O)Nc2ccc(C)c([N+](=O)[O-])c2)n1C. The van der Waals surface area contributed by atoms with Crippen LogP contribution in [0.3, 0.4) is 0 Å². The highest BCUT2D eigenvalue weighted by Crippen LogP contribution is 2.23. The number of carbonyl (C=O) groups excluding carboxylic acids is 1. The van der Waals surface area contributed by atoms with Gasteiger partial charge in [0.2, 0.25) is 5.91 Å². The molecule has 0 saturated heterocycles. The molecule has 0 aliphatic rings. The number of thioether (sulfide) groups is 1. The minimum Gasteiger partial charge on any atom is -0.485 e. The molecule has 1 heterocycles. The summed E-state index contributed by atoms with van der Waals surface area (Å²) in [5.74, 6) is 1.21. The average Bonchev–Trinajstić information content (AvgIpc) is 3.06. The molecule has 0 saturated carbocycles. The van der Waals surface area contributed by atoms with Gasteiger partial charge in [-0.3, -0.25) is 14.9 Å². The van der Waals surface area contributed by atoms with Crippen molar-refractivity contribution < 1.29 is 14.5 Å². The monoisotopic (exact) mass is 427 g/mol. The molecule has 2 aromatic carbocycles. The molecule has 1 N–H and O–H groups in total. The third-order valence-corrected chi connectivity index (χ3v) is 5.42. The van der Waals surface area contributed by atoms with Gasteiger partial charge in [0.05, 0.1) is 10.7 Å². The van der Waals surface area contributed by atoms with E-state index in [2.05, 4.69) is 15.5 Å². The second-order valence-electron chi connectivity index (χ2n) is 6.61. The van der Waals surface area contributed by atoms with Crippen molar-refractivity contribution in [2.45, 2.75) is 25.6 Å². The highest BCUT2D eigenvalue weighted by molar-refractivity contribution is 7.99. The molecule has 9 nitrogen and oxygen atoms in total. The summed E-state index contributed by atoms with van der Waals surface area (Å²) in [5.41, 5.74) is 1.91. The van der Waals surface area contributed by atoms with E-state index in [0.29, 0.717) is 22.2 Å². The lowest BCUT2D eigenvalue weighted by Gasteiger charge is -2.09. The quantitative estimate of drug-likeness (QED) is 0.332. The summed E-state index contributed by atoms with van der Waals surface area (Å²) in [6.07, 6.45) is 0. The average molecular weight is 427 g/mol. The zero-order valence-electron chi connectivity index (χ0n) is 16.8. The number of nitrogens with zero attached hydrogens (tertiary/aromatic N) is 4. The summed E-state index contributed by atoms with van der Waals surface area (Å²) in [5, 5.41) is 22.5. The Balaban J connectivity index is 1.56. The Morgan fingerprint density at radius 3 is 2.70 bits per heavy atom. The summed E-state index contributed by atoms with van der Waals surface area (Å²) < 4.78 is 7.57. The Labute approximate surface area is 177 Å². The standard InChI is InChI=1S/C20H21N5O4S/c1-13-8-9-15(10-16(13)25(27)28)21-19(26)12-30-20-23-22-18(24(20)3)11-29-17-7-5-4-6-14(17)2/h4-10H,11-12H2,1-3H3,(H,21,26). The van der Waals surface area contributed by atoms with Crippen molar-refractivity contribution in [1.29, 1.82) is 0 Å². The molecule has 0 spiro atoms. The van der Waals surface area contributed by atoms with E-state index < -0.39 is 4.92 Å². The molecule has 156 valence electrons. The fourth-order valence-corrected chi connectivity index (χ4v) is 3.40. The third kappa shape index (κ3) is 5.15. The van der Waals surface area contributed by atoms with Crippen LogP contribution in [0, 0.1) is 24.0 Å². The van der Waals surface area contributed by atoms with Gasteiger partial charge in [0.15, 0.2) is 11.0 Å². The van der Waals surface area contributed by atoms with Gasteiger partial charge in [0, 0.05) is 24.4 Å². The number of nitro benzene ring substituents is 1. The smallest absolute Gasteiger partial charge is 0.274 e. The number of nitro groups is 1. The van der Waals surface area contributed by atoms with E-state index in [1.54, 1.807) is 30.7 Å². The Kier molecular flexibility index (Phi) is 6.68.